The molecular weight excluding hydrogens is 422 g/mol. The van der Waals surface area contributed by atoms with Crippen molar-refractivity contribution in [3.8, 4) is 0 Å². The van der Waals surface area contributed by atoms with Crippen molar-refractivity contribution < 1.29 is 14.5 Å². The first-order chi connectivity index (χ1) is 15.9. The molecule has 1 N–H and O–H groups in total. The van der Waals surface area contributed by atoms with Crippen LogP contribution in [0.1, 0.15) is 42.6 Å². The lowest BCUT2D eigenvalue weighted by atomic mass is 9.95. The predicted molar refractivity (Wildman–Crippen MR) is 127 cm³/mol. The summed E-state index contributed by atoms with van der Waals surface area (Å²) >= 11 is 0. The van der Waals surface area contributed by atoms with Crippen molar-refractivity contribution in [3.63, 3.8) is 0 Å². The van der Waals surface area contributed by atoms with Gasteiger partial charge in [-0.3, -0.25) is 19.7 Å². The monoisotopic (exact) mass is 451 g/mol. The van der Waals surface area contributed by atoms with E-state index in [1.54, 1.807) is 30.3 Å². The zero-order valence-electron chi connectivity index (χ0n) is 18.9. The molecule has 2 amide bonds. The third-order valence-electron chi connectivity index (χ3n) is 5.81. The first-order valence-corrected chi connectivity index (χ1v) is 11.1. The molecule has 1 aliphatic rings. The number of hydrogen-bond donors (Lipinski definition) is 1. The quantitative estimate of drug-likeness (QED) is 0.376. The average molecular weight is 452 g/mol. The van der Waals surface area contributed by atoms with Gasteiger partial charge < -0.3 is 9.80 Å². The Bertz CT molecular complexity index is 1020. The fourth-order valence-electron chi connectivity index (χ4n) is 4.05. The second-order valence-electron chi connectivity index (χ2n) is 7.86. The molecule has 174 valence electrons. The van der Waals surface area contributed by atoms with Crippen molar-refractivity contribution in [1.29, 1.82) is 0 Å². The number of hydrogen-bond acceptors (Lipinski definition) is 6. The number of nitro benzene ring substituents is 1. The smallest absolute Gasteiger partial charge is 0.271 e. The summed E-state index contributed by atoms with van der Waals surface area (Å²) in [6, 6.07) is 13.2. The first-order valence-electron chi connectivity index (χ1n) is 11.1. The van der Waals surface area contributed by atoms with Crippen molar-refractivity contribution >= 4 is 29.4 Å². The Morgan fingerprint density at radius 3 is 2.61 bits per heavy atom. The molecule has 0 saturated carbocycles. The van der Waals surface area contributed by atoms with Crippen LogP contribution in [0.2, 0.25) is 0 Å². The van der Waals surface area contributed by atoms with Gasteiger partial charge in [-0.2, -0.15) is 5.10 Å². The van der Waals surface area contributed by atoms with E-state index in [-0.39, 0.29) is 23.4 Å². The van der Waals surface area contributed by atoms with E-state index < -0.39 is 4.92 Å². The molecule has 0 radical (unpaired) electrons. The van der Waals surface area contributed by atoms with Gasteiger partial charge in [-0.15, -0.1) is 0 Å². The number of carbonyl (C=O) groups excluding carboxylic acids is 2. The Kier molecular flexibility index (Phi) is 8.12. The number of rotatable bonds is 8. The lowest BCUT2D eigenvalue weighted by Crippen LogP contribution is -2.45. The van der Waals surface area contributed by atoms with Crippen LogP contribution in [0.4, 0.5) is 11.4 Å². The maximum Gasteiger partial charge on any atom is 0.271 e. The number of nitrogens with one attached hydrogen (secondary N) is 1. The molecule has 0 spiro atoms. The molecule has 1 unspecified atom stereocenters. The highest BCUT2D eigenvalue weighted by Crippen LogP contribution is 2.29. The molecule has 2 aromatic carbocycles. The van der Waals surface area contributed by atoms with Crippen LogP contribution in [-0.2, 0) is 4.79 Å². The highest BCUT2D eigenvalue weighted by Gasteiger charge is 2.29. The number of amides is 2. The summed E-state index contributed by atoms with van der Waals surface area (Å²) in [7, 11) is 0. The summed E-state index contributed by atoms with van der Waals surface area (Å²) in [4.78, 5) is 39.9. The van der Waals surface area contributed by atoms with Gasteiger partial charge in [0.1, 0.15) is 0 Å². The van der Waals surface area contributed by atoms with Gasteiger partial charge in [0, 0.05) is 55.1 Å². The van der Waals surface area contributed by atoms with Gasteiger partial charge in [0.2, 0.25) is 5.91 Å². The van der Waals surface area contributed by atoms with Crippen molar-refractivity contribution in [2.75, 3.05) is 31.1 Å². The van der Waals surface area contributed by atoms with E-state index in [0.29, 0.717) is 30.8 Å². The maximum atomic E-state index is 12.9. The molecule has 0 aromatic heterocycles. The Labute approximate surface area is 193 Å². The lowest BCUT2D eigenvalue weighted by molar-refractivity contribution is -0.384. The molecule has 1 heterocycles. The van der Waals surface area contributed by atoms with Crippen LogP contribution >= 0.6 is 0 Å². The summed E-state index contributed by atoms with van der Waals surface area (Å²) in [5.74, 6) is -0.366. The van der Waals surface area contributed by atoms with E-state index in [2.05, 4.69) is 15.4 Å². The normalized spacial score (nSPS) is 15.9. The average Bonchev–Trinajstić information content (AvgIpc) is 2.85. The van der Waals surface area contributed by atoms with E-state index >= 15 is 0 Å². The number of anilines is 1. The molecule has 1 atom stereocenters. The van der Waals surface area contributed by atoms with E-state index in [4.69, 9.17) is 0 Å². The van der Waals surface area contributed by atoms with Crippen LogP contribution in [0.3, 0.4) is 0 Å². The second-order valence-corrected chi connectivity index (χ2v) is 7.86. The predicted octanol–water partition coefficient (Wildman–Crippen LogP) is 3.44. The van der Waals surface area contributed by atoms with Crippen LogP contribution in [-0.4, -0.2) is 54.0 Å². The van der Waals surface area contributed by atoms with Gasteiger partial charge in [0.15, 0.2) is 0 Å². The Morgan fingerprint density at radius 1 is 1.21 bits per heavy atom. The first kappa shape index (κ1) is 23.9. The third kappa shape index (κ3) is 5.94. The van der Waals surface area contributed by atoms with Crippen molar-refractivity contribution in [1.82, 2.24) is 10.3 Å². The van der Waals surface area contributed by atoms with Gasteiger partial charge in [-0.05, 0) is 44.9 Å². The molecule has 0 bridgehead atoms. The van der Waals surface area contributed by atoms with Gasteiger partial charge in [0.05, 0.1) is 17.1 Å². The van der Waals surface area contributed by atoms with Crippen molar-refractivity contribution in [3.05, 3.63) is 69.8 Å². The van der Waals surface area contributed by atoms with Crippen LogP contribution in [0.15, 0.2) is 53.6 Å². The molecule has 0 aliphatic carbocycles. The largest absolute Gasteiger partial charge is 0.370 e. The summed E-state index contributed by atoms with van der Waals surface area (Å²) in [5.41, 5.74) is 4.11. The fourth-order valence-corrected chi connectivity index (χ4v) is 4.05. The maximum absolute atomic E-state index is 12.9. The van der Waals surface area contributed by atoms with Gasteiger partial charge >= 0.3 is 0 Å². The van der Waals surface area contributed by atoms with Crippen molar-refractivity contribution in [2.24, 2.45) is 11.0 Å². The lowest BCUT2D eigenvalue weighted by Gasteiger charge is -2.36. The minimum Gasteiger partial charge on any atom is -0.370 e. The Morgan fingerprint density at radius 2 is 1.94 bits per heavy atom. The summed E-state index contributed by atoms with van der Waals surface area (Å²) in [6.45, 7) is 6.54. The number of carbonyl (C=O) groups is 2. The second kappa shape index (κ2) is 11.2. The van der Waals surface area contributed by atoms with Crippen LogP contribution in [0.25, 0.3) is 0 Å². The standard InChI is InChI=1S/C24H29N5O4/c1-3-27(4-2)24(31)19-11-8-14-28(17-19)22-13-12-21(29(32)33)15-20(22)16-25-26-23(30)18-9-6-5-7-10-18/h5-7,9-10,12-13,15-16,19H,3-4,8,11,14,17H2,1-2H3,(H,26,30). The SMILES string of the molecule is CCN(CC)C(=O)C1CCCN(c2ccc([N+](=O)[O-])cc2C=NNC(=O)c2ccccc2)C1. The van der Waals surface area contributed by atoms with Gasteiger partial charge in [0.25, 0.3) is 11.6 Å². The highest BCUT2D eigenvalue weighted by molar-refractivity contribution is 5.95. The molecule has 1 aliphatic heterocycles. The van der Waals surface area contributed by atoms with Crippen LogP contribution < -0.4 is 10.3 Å². The zero-order chi connectivity index (χ0) is 23.8. The Balaban J connectivity index is 1.82. The van der Waals surface area contributed by atoms with Crippen molar-refractivity contribution in [2.45, 2.75) is 26.7 Å². The molecule has 9 nitrogen and oxygen atoms in total. The molecule has 1 saturated heterocycles. The molecule has 2 aromatic rings. The zero-order valence-corrected chi connectivity index (χ0v) is 18.9. The molecular formula is C24H29N5O4. The molecule has 3 rings (SSSR count). The molecule has 1 fully saturated rings. The Hall–Kier alpha value is -3.75. The van der Waals surface area contributed by atoms with Crippen LogP contribution in [0.5, 0.6) is 0 Å². The minimum absolute atomic E-state index is 0.0673. The number of non-ortho nitro benzene ring substituents is 1. The fraction of sp³-hybridized carbons (Fsp3) is 0.375. The summed E-state index contributed by atoms with van der Waals surface area (Å²) in [6.07, 6.45) is 3.07. The number of nitro groups is 1. The van der Waals surface area contributed by atoms with E-state index in [1.807, 2.05) is 24.8 Å². The molecule has 9 heteroatoms. The minimum atomic E-state index is -0.466. The topological polar surface area (TPSA) is 108 Å². The van der Waals surface area contributed by atoms with E-state index in [9.17, 15) is 19.7 Å². The highest BCUT2D eigenvalue weighted by atomic mass is 16.6. The van der Waals surface area contributed by atoms with E-state index in [1.165, 1.54) is 18.3 Å². The molecule has 33 heavy (non-hydrogen) atoms. The van der Waals surface area contributed by atoms with Crippen LogP contribution in [0, 0.1) is 16.0 Å². The number of benzene rings is 2. The number of piperidine rings is 1. The van der Waals surface area contributed by atoms with E-state index in [0.717, 1.165) is 25.1 Å². The van der Waals surface area contributed by atoms with Gasteiger partial charge in [-0.25, -0.2) is 5.43 Å². The van der Waals surface area contributed by atoms with Gasteiger partial charge in [-0.1, -0.05) is 18.2 Å². The summed E-state index contributed by atoms with van der Waals surface area (Å²) in [5, 5.41) is 15.4. The summed E-state index contributed by atoms with van der Waals surface area (Å²) < 4.78 is 0. The number of hydrazone groups is 1. The number of nitrogens with zero attached hydrogens (tertiary/aromatic N) is 4. The third-order valence-corrected chi connectivity index (χ3v) is 5.81.